The summed E-state index contributed by atoms with van der Waals surface area (Å²) in [6, 6.07) is 13.2. The second kappa shape index (κ2) is 7.77. The van der Waals surface area contributed by atoms with E-state index in [1.807, 2.05) is 35.2 Å². The fraction of sp³-hybridized carbons (Fsp3) is 0.368. The Morgan fingerprint density at radius 1 is 1.17 bits per heavy atom. The zero-order valence-electron chi connectivity index (χ0n) is 14.0. The molecule has 0 N–H and O–H groups in total. The number of hydrogen-bond donors (Lipinski definition) is 0. The number of rotatable bonds is 6. The fourth-order valence-corrected chi connectivity index (χ4v) is 2.80. The van der Waals surface area contributed by atoms with Crippen LogP contribution in [0.2, 0.25) is 0 Å². The summed E-state index contributed by atoms with van der Waals surface area (Å²) in [5.74, 6) is -0.0831. The lowest BCUT2D eigenvalue weighted by atomic mass is 10.0. The normalized spacial score (nSPS) is 12.0. The maximum absolute atomic E-state index is 12.9. The molecule has 0 spiro atoms. The molecule has 1 amide bonds. The first kappa shape index (κ1) is 17.0. The quantitative estimate of drug-likeness (QED) is 0.820. The van der Waals surface area contributed by atoms with Crippen molar-refractivity contribution >= 4 is 5.91 Å². The van der Waals surface area contributed by atoms with Crippen LogP contribution in [0, 0.1) is 0 Å². The number of benzene rings is 1. The molecule has 2 rings (SSSR count). The molecule has 0 bridgehead atoms. The summed E-state index contributed by atoms with van der Waals surface area (Å²) < 4.78 is 1.47. The van der Waals surface area contributed by atoms with Gasteiger partial charge in [0.2, 0.25) is 0 Å². The van der Waals surface area contributed by atoms with Gasteiger partial charge in [-0.25, -0.2) is 0 Å². The van der Waals surface area contributed by atoms with E-state index in [-0.39, 0.29) is 17.5 Å². The van der Waals surface area contributed by atoms with Gasteiger partial charge in [-0.3, -0.25) is 9.59 Å². The topological polar surface area (TPSA) is 42.3 Å². The van der Waals surface area contributed by atoms with Crippen LogP contribution in [0.5, 0.6) is 0 Å². The van der Waals surface area contributed by atoms with Crippen LogP contribution in [-0.4, -0.2) is 21.9 Å². The highest BCUT2D eigenvalue weighted by molar-refractivity contribution is 5.94. The molecule has 1 aromatic carbocycles. The van der Waals surface area contributed by atoms with Gasteiger partial charge >= 0.3 is 0 Å². The maximum Gasteiger partial charge on any atom is 0.254 e. The largest absolute Gasteiger partial charge is 0.332 e. The molecule has 0 unspecified atom stereocenters. The molecule has 4 nitrogen and oxygen atoms in total. The Bertz CT molecular complexity index is 707. The zero-order valence-corrected chi connectivity index (χ0v) is 14.0. The molecule has 0 fully saturated rings. The van der Waals surface area contributed by atoms with Gasteiger partial charge < -0.3 is 9.47 Å². The number of pyridine rings is 1. The van der Waals surface area contributed by atoms with E-state index < -0.39 is 0 Å². The summed E-state index contributed by atoms with van der Waals surface area (Å²) in [4.78, 5) is 26.7. The first-order valence-electron chi connectivity index (χ1n) is 8.11. The molecule has 1 atom stereocenters. The molecule has 0 aliphatic heterocycles. The van der Waals surface area contributed by atoms with E-state index in [1.165, 1.54) is 10.6 Å². The number of carbonyl (C=O) groups is 1. The van der Waals surface area contributed by atoms with Crippen LogP contribution < -0.4 is 5.56 Å². The van der Waals surface area contributed by atoms with E-state index in [4.69, 9.17) is 0 Å². The minimum atomic E-state index is -0.167. The van der Waals surface area contributed by atoms with Crippen LogP contribution in [0.15, 0.2) is 53.5 Å². The molecule has 0 aliphatic carbocycles. The highest BCUT2D eigenvalue weighted by atomic mass is 16.2. The van der Waals surface area contributed by atoms with E-state index in [0.29, 0.717) is 12.1 Å². The molecule has 1 aromatic heterocycles. The van der Waals surface area contributed by atoms with E-state index in [0.717, 1.165) is 18.4 Å². The predicted molar refractivity (Wildman–Crippen MR) is 92.5 cm³/mol. The Hall–Kier alpha value is -2.36. The Morgan fingerprint density at radius 3 is 2.43 bits per heavy atom. The van der Waals surface area contributed by atoms with Crippen LogP contribution in [0.3, 0.4) is 0 Å². The fourth-order valence-electron chi connectivity index (χ4n) is 2.80. The smallest absolute Gasteiger partial charge is 0.254 e. The molecule has 0 aliphatic rings. The summed E-state index contributed by atoms with van der Waals surface area (Å²) in [6.07, 6.45) is 3.35. The van der Waals surface area contributed by atoms with Crippen molar-refractivity contribution in [3.05, 3.63) is 70.1 Å². The lowest BCUT2D eigenvalue weighted by molar-refractivity contribution is 0.0670. The average Bonchev–Trinajstić information content (AvgIpc) is 2.57. The molecular formula is C19H24N2O2. The van der Waals surface area contributed by atoms with Crippen molar-refractivity contribution in [2.24, 2.45) is 7.05 Å². The van der Waals surface area contributed by atoms with E-state index in [2.05, 4.69) is 13.8 Å². The molecule has 122 valence electrons. The van der Waals surface area contributed by atoms with Crippen molar-refractivity contribution in [3.8, 4) is 0 Å². The third kappa shape index (κ3) is 3.89. The molecule has 0 saturated heterocycles. The van der Waals surface area contributed by atoms with E-state index in [1.54, 1.807) is 19.3 Å². The lowest BCUT2D eigenvalue weighted by Crippen LogP contribution is -2.36. The Labute approximate surface area is 137 Å². The van der Waals surface area contributed by atoms with Gasteiger partial charge in [-0.15, -0.1) is 0 Å². The Morgan fingerprint density at radius 2 is 1.87 bits per heavy atom. The van der Waals surface area contributed by atoms with Crippen molar-refractivity contribution in [1.82, 2.24) is 9.47 Å². The number of amides is 1. The third-order valence-electron chi connectivity index (χ3n) is 4.02. The van der Waals surface area contributed by atoms with E-state index >= 15 is 0 Å². The van der Waals surface area contributed by atoms with Gasteiger partial charge in [-0.1, -0.05) is 44.2 Å². The standard InChI is InChI=1S/C19H24N2O2/c1-4-12-21(17(5-2)15-9-7-6-8-10-15)19(23)16-11-13-20(3)18(22)14-16/h6-11,13-14,17H,4-5,12H2,1-3H3/t17-/m0/s1. The second-order valence-electron chi connectivity index (χ2n) is 5.70. The first-order valence-corrected chi connectivity index (χ1v) is 8.11. The highest BCUT2D eigenvalue weighted by Gasteiger charge is 2.24. The number of hydrogen-bond acceptors (Lipinski definition) is 2. The van der Waals surface area contributed by atoms with Crippen molar-refractivity contribution < 1.29 is 4.79 Å². The maximum atomic E-state index is 12.9. The molecule has 2 aromatic rings. The highest BCUT2D eigenvalue weighted by Crippen LogP contribution is 2.25. The lowest BCUT2D eigenvalue weighted by Gasteiger charge is -2.31. The van der Waals surface area contributed by atoms with Gasteiger partial charge in [-0.05, 0) is 24.5 Å². The van der Waals surface area contributed by atoms with Gasteiger partial charge in [0.05, 0.1) is 6.04 Å². The summed E-state index contributed by atoms with van der Waals surface area (Å²) in [5.41, 5.74) is 1.41. The van der Waals surface area contributed by atoms with Crippen molar-refractivity contribution in [1.29, 1.82) is 0 Å². The van der Waals surface area contributed by atoms with Crippen LogP contribution >= 0.6 is 0 Å². The number of aromatic nitrogens is 1. The van der Waals surface area contributed by atoms with Crippen LogP contribution in [-0.2, 0) is 7.05 Å². The minimum Gasteiger partial charge on any atom is -0.332 e. The number of nitrogens with zero attached hydrogens (tertiary/aromatic N) is 2. The van der Waals surface area contributed by atoms with Gasteiger partial charge in [-0.2, -0.15) is 0 Å². The molecule has 0 radical (unpaired) electrons. The van der Waals surface area contributed by atoms with Crippen molar-refractivity contribution in [2.75, 3.05) is 6.54 Å². The molecule has 23 heavy (non-hydrogen) atoms. The van der Waals surface area contributed by atoms with Crippen molar-refractivity contribution in [3.63, 3.8) is 0 Å². The van der Waals surface area contributed by atoms with E-state index in [9.17, 15) is 9.59 Å². The number of aryl methyl sites for hydroxylation is 1. The summed E-state index contributed by atoms with van der Waals surface area (Å²) >= 11 is 0. The van der Waals surface area contributed by atoms with Crippen LogP contribution in [0.25, 0.3) is 0 Å². The second-order valence-corrected chi connectivity index (χ2v) is 5.70. The monoisotopic (exact) mass is 312 g/mol. The average molecular weight is 312 g/mol. The third-order valence-corrected chi connectivity index (χ3v) is 4.02. The number of carbonyl (C=O) groups excluding carboxylic acids is 1. The molecular weight excluding hydrogens is 288 g/mol. The summed E-state index contributed by atoms with van der Waals surface area (Å²) in [7, 11) is 1.68. The minimum absolute atomic E-state index is 0.0210. The van der Waals surface area contributed by atoms with Crippen molar-refractivity contribution in [2.45, 2.75) is 32.7 Å². The zero-order chi connectivity index (χ0) is 16.8. The summed E-state index contributed by atoms with van der Waals surface area (Å²) in [6.45, 7) is 4.81. The molecule has 4 heteroatoms. The first-order chi connectivity index (χ1) is 11.1. The van der Waals surface area contributed by atoms with Gasteiger partial charge in [0, 0.05) is 31.4 Å². The van der Waals surface area contributed by atoms with Crippen LogP contribution in [0.4, 0.5) is 0 Å². The molecule has 0 saturated carbocycles. The molecule has 1 heterocycles. The van der Waals surface area contributed by atoms with Gasteiger partial charge in [0.1, 0.15) is 0 Å². The predicted octanol–water partition coefficient (Wildman–Crippen LogP) is 3.39. The van der Waals surface area contributed by atoms with Crippen LogP contribution in [0.1, 0.15) is 48.7 Å². The SMILES string of the molecule is CCCN(C(=O)c1ccn(C)c(=O)c1)[C@@H](CC)c1ccccc1. The Kier molecular flexibility index (Phi) is 5.74. The summed E-state index contributed by atoms with van der Waals surface area (Å²) in [5, 5.41) is 0. The Balaban J connectivity index is 2.37. The van der Waals surface area contributed by atoms with Gasteiger partial charge in [0.15, 0.2) is 0 Å². The van der Waals surface area contributed by atoms with Gasteiger partial charge in [0.25, 0.3) is 11.5 Å².